The summed E-state index contributed by atoms with van der Waals surface area (Å²) in [5.74, 6) is -0.344. The number of nitrogens with one attached hydrogen (secondary N) is 1. The Morgan fingerprint density at radius 1 is 0.857 bits per heavy atom. The summed E-state index contributed by atoms with van der Waals surface area (Å²) in [5, 5.41) is 3.37. The van der Waals surface area contributed by atoms with E-state index >= 15 is 0 Å². The second kappa shape index (κ2) is 17.9. The predicted molar refractivity (Wildman–Crippen MR) is 138 cm³/mol. The van der Waals surface area contributed by atoms with Gasteiger partial charge < -0.3 is 20.7 Å². The number of amides is 2. The fourth-order valence-electron chi connectivity index (χ4n) is 4.48. The number of carbonyl (C=O) groups is 3. The summed E-state index contributed by atoms with van der Waals surface area (Å²) in [6, 6.07) is 9.48. The van der Waals surface area contributed by atoms with Gasteiger partial charge in [-0.3, -0.25) is 14.4 Å². The van der Waals surface area contributed by atoms with E-state index in [2.05, 4.69) is 5.32 Å². The van der Waals surface area contributed by atoms with Gasteiger partial charge in [-0.15, -0.1) is 0 Å². The molecular formula is C28H45N3O4. The minimum atomic E-state index is -0.353. The van der Waals surface area contributed by atoms with Crippen LogP contribution in [0.2, 0.25) is 0 Å². The molecule has 3 N–H and O–H groups in total. The van der Waals surface area contributed by atoms with Gasteiger partial charge in [-0.2, -0.15) is 0 Å². The Hall–Kier alpha value is -2.41. The van der Waals surface area contributed by atoms with Crippen LogP contribution in [0, 0.1) is 0 Å². The fourth-order valence-corrected chi connectivity index (χ4v) is 4.48. The van der Waals surface area contributed by atoms with Crippen LogP contribution in [0.25, 0.3) is 0 Å². The molecule has 2 amide bonds. The van der Waals surface area contributed by atoms with Gasteiger partial charge in [-0.25, -0.2) is 0 Å². The molecule has 1 aliphatic heterocycles. The zero-order valence-electron chi connectivity index (χ0n) is 21.3. The summed E-state index contributed by atoms with van der Waals surface area (Å²) in [6.07, 6.45) is 13.5. The van der Waals surface area contributed by atoms with Gasteiger partial charge in [-0.05, 0) is 44.2 Å². The van der Waals surface area contributed by atoms with Crippen LogP contribution < -0.4 is 11.1 Å². The molecule has 0 unspecified atom stereocenters. The van der Waals surface area contributed by atoms with Gasteiger partial charge in [0.05, 0.1) is 6.04 Å². The van der Waals surface area contributed by atoms with E-state index in [1.807, 2.05) is 35.2 Å². The zero-order valence-corrected chi connectivity index (χ0v) is 21.3. The highest BCUT2D eigenvalue weighted by atomic mass is 16.5. The van der Waals surface area contributed by atoms with Crippen molar-refractivity contribution in [2.24, 2.45) is 5.73 Å². The lowest BCUT2D eigenvalue weighted by molar-refractivity contribution is -0.145. The first kappa shape index (κ1) is 28.8. The molecule has 196 valence electrons. The molecule has 1 atom stereocenters. The summed E-state index contributed by atoms with van der Waals surface area (Å²) in [7, 11) is 0. The maximum atomic E-state index is 12.7. The van der Waals surface area contributed by atoms with Crippen LogP contribution >= 0.6 is 0 Å². The van der Waals surface area contributed by atoms with Crippen molar-refractivity contribution in [3.63, 3.8) is 0 Å². The average Bonchev–Trinajstić information content (AvgIpc) is 3.40. The van der Waals surface area contributed by atoms with Crippen LogP contribution in [0.4, 0.5) is 0 Å². The van der Waals surface area contributed by atoms with E-state index in [1.54, 1.807) is 0 Å². The van der Waals surface area contributed by atoms with Gasteiger partial charge in [0.15, 0.2) is 0 Å². The fraction of sp³-hybridized carbons (Fsp3) is 0.679. The summed E-state index contributed by atoms with van der Waals surface area (Å²) in [4.78, 5) is 37.6. The molecule has 7 nitrogen and oxygen atoms in total. The van der Waals surface area contributed by atoms with E-state index in [0.717, 1.165) is 70.1 Å². The quantitative estimate of drug-likeness (QED) is 0.221. The molecule has 1 aliphatic rings. The lowest BCUT2D eigenvalue weighted by Gasteiger charge is -2.24. The predicted octanol–water partition coefficient (Wildman–Crippen LogP) is 4.48. The summed E-state index contributed by atoms with van der Waals surface area (Å²) >= 11 is 0. The molecule has 1 saturated heterocycles. The smallest absolute Gasteiger partial charge is 0.306 e. The molecule has 0 saturated carbocycles. The van der Waals surface area contributed by atoms with Crippen LogP contribution in [0.15, 0.2) is 30.3 Å². The standard InChI is InChI=1S/C28H45N3O4/c29-26(32)19-18-25(28(34)31-21-13-14-22-31)30-20-12-7-5-3-1-2-4-6-11-17-27(33)35-23-24-15-9-8-10-16-24/h8-10,15-16,25,30H,1-7,11-14,17-23H2,(H2,29,32)/t25-/m0/s1. The van der Waals surface area contributed by atoms with E-state index in [-0.39, 0.29) is 30.2 Å². The number of carbonyl (C=O) groups excluding carboxylic acids is 3. The molecule has 35 heavy (non-hydrogen) atoms. The zero-order chi connectivity index (χ0) is 25.1. The van der Waals surface area contributed by atoms with Crippen molar-refractivity contribution < 1.29 is 19.1 Å². The van der Waals surface area contributed by atoms with Crippen LogP contribution in [0.1, 0.15) is 95.5 Å². The monoisotopic (exact) mass is 487 g/mol. The first-order valence-electron chi connectivity index (χ1n) is 13.6. The van der Waals surface area contributed by atoms with Crippen LogP contribution in [0.3, 0.4) is 0 Å². The van der Waals surface area contributed by atoms with E-state index < -0.39 is 0 Å². The van der Waals surface area contributed by atoms with E-state index in [1.165, 1.54) is 25.7 Å². The second-order valence-corrected chi connectivity index (χ2v) is 9.62. The molecule has 0 spiro atoms. The Morgan fingerprint density at radius 2 is 1.46 bits per heavy atom. The number of esters is 1. The number of likely N-dealkylation sites (tertiary alicyclic amines) is 1. The molecule has 2 rings (SSSR count). The third-order valence-electron chi connectivity index (χ3n) is 6.59. The van der Waals surface area contributed by atoms with Gasteiger partial charge in [-0.1, -0.05) is 75.3 Å². The molecule has 1 fully saturated rings. The number of hydrogen-bond donors (Lipinski definition) is 2. The molecule has 1 aromatic rings. The van der Waals surface area contributed by atoms with Crippen molar-refractivity contribution in [2.45, 2.75) is 103 Å². The lowest BCUT2D eigenvalue weighted by Crippen LogP contribution is -2.46. The maximum Gasteiger partial charge on any atom is 0.306 e. The van der Waals surface area contributed by atoms with E-state index in [9.17, 15) is 14.4 Å². The number of unbranched alkanes of at least 4 members (excludes halogenated alkanes) is 8. The van der Waals surface area contributed by atoms with E-state index in [4.69, 9.17) is 10.5 Å². The van der Waals surface area contributed by atoms with Crippen LogP contribution in [-0.4, -0.2) is 48.4 Å². The molecule has 1 heterocycles. The molecule has 0 bridgehead atoms. The topological polar surface area (TPSA) is 102 Å². The van der Waals surface area contributed by atoms with Gasteiger partial charge in [0.1, 0.15) is 6.61 Å². The van der Waals surface area contributed by atoms with Crippen molar-refractivity contribution in [3.05, 3.63) is 35.9 Å². The average molecular weight is 488 g/mol. The van der Waals surface area contributed by atoms with Crippen molar-refractivity contribution in [3.8, 4) is 0 Å². The first-order chi connectivity index (χ1) is 17.1. The Morgan fingerprint density at radius 3 is 2.09 bits per heavy atom. The summed E-state index contributed by atoms with van der Waals surface area (Å²) in [6.45, 7) is 2.80. The van der Waals surface area contributed by atoms with Crippen LogP contribution in [0.5, 0.6) is 0 Å². The van der Waals surface area contributed by atoms with Gasteiger partial charge in [0, 0.05) is 25.9 Å². The maximum absolute atomic E-state index is 12.7. The molecule has 1 aromatic carbocycles. The van der Waals surface area contributed by atoms with Crippen molar-refractivity contribution >= 4 is 17.8 Å². The number of nitrogens with two attached hydrogens (primary N) is 1. The van der Waals surface area contributed by atoms with Crippen molar-refractivity contribution in [1.29, 1.82) is 0 Å². The Labute approximate surface area is 211 Å². The number of benzene rings is 1. The first-order valence-corrected chi connectivity index (χ1v) is 13.6. The third-order valence-corrected chi connectivity index (χ3v) is 6.59. The number of primary amides is 1. The number of ether oxygens (including phenoxy) is 1. The molecule has 7 heteroatoms. The number of rotatable bonds is 19. The minimum absolute atomic E-state index is 0.110. The second-order valence-electron chi connectivity index (χ2n) is 9.62. The van der Waals surface area contributed by atoms with Gasteiger partial charge in [0.2, 0.25) is 11.8 Å². The van der Waals surface area contributed by atoms with Crippen LogP contribution in [-0.2, 0) is 25.7 Å². The van der Waals surface area contributed by atoms with Gasteiger partial charge in [0.25, 0.3) is 0 Å². The number of hydrogen-bond acceptors (Lipinski definition) is 5. The molecule has 0 aliphatic carbocycles. The Kier molecular flexibility index (Phi) is 14.8. The van der Waals surface area contributed by atoms with Crippen molar-refractivity contribution in [2.75, 3.05) is 19.6 Å². The van der Waals surface area contributed by atoms with Gasteiger partial charge >= 0.3 is 5.97 Å². The molecular weight excluding hydrogens is 442 g/mol. The normalized spacial score (nSPS) is 14.1. The Balaban J connectivity index is 1.41. The third kappa shape index (κ3) is 13.3. The highest BCUT2D eigenvalue weighted by molar-refractivity contribution is 5.83. The highest BCUT2D eigenvalue weighted by Crippen LogP contribution is 2.13. The summed E-state index contributed by atoms with van der Waals surface area (Å²) in [5.41, 5.74) is 6.31. The number of nitrogens with zero attached hydrogens (tertiary/aromatic N) is 1. The SMILES string of the molecule is NC(=O)CC[C@H](NCCCCCCCCCCCC(=O)OCc1ccccc1)C(=O)N1CCCC1. The summed E-state index contributed by atoms with van der Waals surface area (Å²) < 4.78 is 5.31. The Bertz CT molecular complexity index is 735. The van der Waals surface area contributed by atoms with E-state index in [0.29, 0.717) is 19.4 Å². The highest BCUT2D eigenvalue weighted by Gasteiger charge is 2.26. The minimum Gasteiger partial charge on any atom is -0.461 e. The molecule has 0 aromatic heterocycles. The molecule has 0 radical (unpaired) electrons. The van der Waals surface area contributed by atoms with Crippen molar-refractivity contribution in [1.82, 2.24) is 10.2 Å². The lowest BCUT2D eigenvalue weighted by atomic mass is 10.1. The largest absolute Gasteiger partial charge is 0.461 e.